The number of ketones is 1. The Bertz CT molecular complexity index is 305. The Balaban J connectivity index is 2.77. The number of Topliss-reactive ketones (excluding diaryl/α,β-unsaturated/α-hetero) is 1. The molecule has 1 rings (SSSR count). The molecule has 0 saturated carbocycles. The smallest absolute Gasteiger partial charge is 0.162 e. The molecule has 1 aromatic rings. The van der Waals surface area contributed by atoms with Gasteiger partial charge in [0.2, 0.25) is 0 Å². The minimum absolute atomic E-state index is 0.189. The fourth-order valence-corrected chi connectivity index (χ4v) is 1.30. The third kappa shape index (κ3) is 2.87. The predicted octanol–water partition coefficient (Wildman–Crippen LogP) is 3.07. The van der Waals surface area contributed by atoms with Gasteiger partial charge in [-0.05, 0) is 25.5 Å². The van der Waals surface area contributed by atoms with Crippen LogP contribution in [0.25, 0.3) is 0 Å². The van der Waals surface area contributed by atoms with Crippen molar-refractivity contribution in [1.82, 2.24) is 0 Å². The van der Waals surface area contributed by atoms with Crippen molar-refractivity contribution >= 4 is 5.78 Å². The number of rotatable bonds is 5. The lowest BCUT2D eigenvalue weighted by Gasteiger charge is -2.04. The zero-order valence-electron chi connectivity index (χ0n) is 8.75. The van der Waals surface area contributed by atoms with Gasteiger partial charge in [-0.15, -0.1) is 0 Å². The Morgan fingerprint density at radius 3 is 2.79 bits per heavy atom. The molecule has 14 heavy (non-hydrogen) atoms. The Labute approximate surface area is 84.9 Å². The molecular weight excluding hydrogens is 176 g/mol. The summed E-state index contributed by atoms with van der Waals surface area (Å²) in [4.78, 5) is 11.5. The minimum Gasteiger partial charge on any atom is -0.494 e. The maximum atomic E-state index is 11.5. The van der Waals surface area contributed by atoms with Gasteiger partial charge < -0.3 is 4.74 Å². The Kier molecular flexibility index (Phi) is 4.17. The molecule has 2 heteroatoms. The molecule has 0 heterocycles. The Morgan fingerprint density at radius 2 is 2.14 bits per heavy atom. The summed E-state index contributed by atoms with van der Waals surface area (Å²) in [6.45, 7) is 4.57. The molecule has 0 atom stereocenters. The molecule has 0 radical (unpaired) electrons. The van der Waals surface area contributed by atoms with Crippen LogP contribution in [0.5, 0.6) is 5.75 Å². The van der Waals surface area contributed by atoms with Crippen LogP contribution in [0, 0.1) is 0 Å². The van der Waals surface area contributed by atoms with Crippen LogP contribution in [0.15, 0.2) is 24.3 Å². The maximum Gasteiger partial charge on any atom is 0.162 e. The molecule has 0 amide bonds. The summed E-state index contributed by atoms with van der Waals surface area (Å²) in [5, 5.41) is 0. The number of ether oxygens (including phenoxy) is 1. The van der Waals surface area contributed by atoms with Crippen LogP contribution >= 0.6 is 0 Å². The SMILES string of the molecule is CCCC(=O)c1cccc(OCC)c1. The second-order valence-electron chi connectivity index (χ2n) is 3.13. The fourth-order valence-electron chi connectivity index (χ4n) is 1.30. The van der Waals surface area contributed by atoms with Gasteiger partial charge in [0, 0.05) is 12.0 Å². The van der Waals surface area contributed by atoms with Gasteiger partial charge in [-0.2, -0.15) is 0 Å². The first kappa shape index (κ1) is 10.8. The topological polar surface area (TPSA) is 26.3 Å². The van der Waals surface area contributed by atoms with E-state index in [-0.39, 0.29) is 5.78 Å². The summed E-state index contributed by atoms with van der Waals surface area (Å²) >= 11 is 0. The molecule has 0 aliphatic rings. The zero-order valence-corrected chi connectivity index (χ0v) is 8.75. The van der Waals surface area contributed by atoms with Crippen molar-refractivity contribution in [2.75, 3.05) is 6.61 Å². The van der Waals surface area contributed by atoms with E-state index in [1.54, 1.807) is 0 Å². The van der Waals surface area contributed by atoms with Crippen molar-refractivity contribution in [2.45, 2.75) is 26.7 Å². The lowest BCUT2D eigenvalue weighted by Crippen LogP contribution is -1.99. The molecule has 0 aromatic heterocycles. The van der Waals surface area contributed by atoms with E-state index in [0.29, 0.717) is 13.0 Å². The van der Waals surface area contributed by atoms with Crippen LogP contribution in [0.2, 0.25) is 0 Å². The first-order valence-corrected chi connectivity index (χ1v) is 5.04. The molecule has 76 valence electrons. The number of benzene rings is 1. The predicted molar refractivity (Wildman–Crippen MR) is 56.8 cm³/mol. The first-order valence-electron chi connectivity index (χ1n) is 5.04. The number of hydrogen-bond acceptors (Lipinski definition) is 2. The van der Waals surface area contributed by atoms with Crippen LogP contribution in [-0.4, -0.2) is 12.4 Å². The molecule has 1 aromatic carbocycles. The lowest BCUT2D eigenvalue weighted by molar-refractivity contribution is 0.0981. The van der Waals surface area contributed by atoms with Gasteiger partial charge >= 0.3 is 0 Å². The third-order valence-electron chi connectivity index (χ3n) is 1.94. The van der Waals surface area contributed by atoms with Crippen molar-refractivity contribution in [2.24, 2.45) is 0 Å². The number of carbonyl (C=O) groups excluding carboxylic acids is 1. The second kappa shape index (κ2) is 5.43. The van der Waals surface area contributed by atoms with Crippen molar-refractivity contribution in [3.63, 3.8) is 0 Å². The highest BCUT2D eigenvalue weighted by Gasteiger charge is 2.04. The molecular formula is C12H16O2. The minimum atomic E-state index is 0.189. The van der Waals surface area contributed by atoms with Crippen molar-refractivity contribution < 1.29 is 9.53 Å². The van der Waals surface area contributed by atoms with Gasteiger partial charge in [-0.25, -0.2) is 0 Å². The van der Waals surface area contributed by atoms with E-state index in [9.17, 15) is 4.79 Å². The van der Waals surface area contributed by atoms with Gasteiger partial charge in [-0.1, -0.05) is 19.1 Å². The summed E-state index contributed by atoms with van der Waals surface area (Å²) in [5.74, 6) is 0.962. The van der Waals surface area contributed by atoms with E-state index in [2.05, 4.69) is 0 Å². The number of carbonyl (C=O) groups is 1. The van der Waals surface area contributed by atoms with Crippen molar-refractivity contribution in [3.05, 3.63) is 29.8 Å². The molecule has 2 nitrogen and oxygen atoms in total. The van der Waals surface area contributed by atoms with E-state index in [0.717, 1.165) is 17.7 Å². The standard InChI is InChI=1S/C12H16O2/c1-3-6-12(13)10-7-5-8-11(9-10)14-4-2/h5,7-9H,3-4,6H2,1-2H3. The van der Waals surface area contributed by atoms with Gasteiger partial charge in [0.25, 0.3) is 0 Å². The number of hydrogen-bond donors (Lipinski definition) is 0. The average Bonchev–Trinajstić information content (AvgIpc) is 2.19. The quantitative estimate of drug-likeness (QED) is 0.670. The summed E-state index contributed by atoms with van der Waals surface area (Å²) < 4.78 is 5.32. The molecule has 0 bridgehead atoms. The Morgan fingerprint density at radius 1 is 1.36 bits per heavy atom. The highest BCUT2D eigenvalue weighted by atomic mass is 16.5. The molecule has 0 aliphatic heterocycles. The first-order chi connectivity index (χ1) is 6.77. The molecule has 0 fully saturated rings. The zero-order chi connectivity index (χ0) is 10.4. The van der Waals surface area contributed by atoms with Crippen LogP contribution in [0.1, 0.15) is 37.0 Å². The van der Waals surface area contributed by atoms with Crippen molar-refractivity contribution in [3.8, 4) is 5.75 Å². The summed E-state index contributed by atoms with van der Waals surface area (Å²) in [7, 11) is 0. The highest BCUT2D eigenvalue weighted by Crippen LogP contribution is 2.15. The monoisotopic (exact) mass is 192 g/mol. The third-order valence-corrected chi connectivity index (χ3v) is 1.94. The Hall–Kier alpha value is -1.31. The van der Waals surface area contributed by atoms with Crippen LogP contribution < -0.4 is 4.74 Å². The molecule has 0 N–H and O–H groups in total. The van der Waals surface area contributed by atoms with Gasteiger partial charge in [-0.3, -0.25) is 4.79 Å². The van der Waals surface area contributed by atoms with E-state index < -0.39 is 0 Å². The molecule has 0 spiro atoms. The van der Waals surface area contributed by atoms with E-state index in [1.807, 2.05) is 38.1 Å². The van der Waals surface area contributed by atoms with E-state index in [4.69, 9.17) is 4.74 Å². The molecule has 0 aliphatic carbocycles. The van der Waals surface area contributed by atoms with Crippen LogP contribution in [0.3, 0.4) is 0 Å². The average molecular weight is 192 g/mol. The van der Waals surface area contributed by atoms with Gasteiger partial charge in [0.1, 0.15) is 5.75 Å². The van der Waals surface area contributed by atoms with Crippen molar-refractivity contribution in [1.29, 1.82) is 0 Å². The van der Waals surface area contributed by atoms with Crippen LogP contribution in [-0.2, 0) is 0 Å². The highest BCUT2D eigenvalue weighted by molar-refractivity contribution is 5.96. The summed E-state index contributed by atoms with van der Waals surface area (Å²) in [6.07, 6.45) is 1.49. The van der Waals surface area contributed by atoms with Gasteiger partial charge in [0.05, 0.1) is 6.61 Å². The normalized spacial score (nSPS) is 9.86. The van der Waals surface area contributed by atoms with Crippen LogP contribution in [0.4, 0.5) is 0 Å². The lowest BCUT2D eigenvalue weighted by atomic mass is 10.1. The summed E-state index contributed by atoms with van der Waals surface area (Å²) in [5.41, 5.74) is 0.748. The van der Waals surface area contributed by atoms with E-state index >= 15 is 0 Å². The molecule has 0 saturated heterocycles. The maximum absolute atomic E-state index is 11.5. The van der Waals surface area contributed by atoms with Gasteiger partial charge in [0.15, 0.2) is 5.78 Å². The largest absolute Gasteiger partial charge is 0.494 e. The van der Waals surface area contributed by atoms with E-state index in [1.165, 1.54) is 0 Å². The molecule has 0 unspecified atom stereocenters. The second-order valence-corrected chi connectivity index (χ2v) is 3.13. The summed E-state index contributed by atoms with van der Waals surface area (Å²) in [6, 6.07) is 7.36. The fraction of sp³-hybridized carbons (Fsp3) is 0.417.